The molecule has 1 unspecified atom stereocenters. The first kappa shape index (κ1) is 11.4. The second-order valence-electron chi connectivity index (χ2n) is 3.41. The zero-order chi connectivity index (χ0) is 11.9. The van der Waals surface area contributed by atoms with Gasteiger partial charge in [0.2, 0.25) is 11.0 Å². The number of amides is 1. The molecule has 0 spiro atoms. The Morgan fingerprint density at radius 2 is 2.19 bits per heavy atom. The molecular weight excluding hydrogens is 257 g/mol. The minimum atomic E-state index is -4.68. The van der Waals surface area contributed by atoms with Crippen LogP contribution in [0.5, 0.6) is 0 Å². The van der Waals surface area contributed by atoms with Crippen molar-refractivity contribution in [2.75, 3.05) is 11.4 Å². The lowest BCUT2D eigenvalue weighted by Gasteiger charge is -2.10. The molecule has 1 aromatic heterocycles. The molecule has 0 aliphatic carbocycles. The molecule has 1 saturated heterocycles. The van der Waals surface area contributed by atoms with Crippen molar-refractivity contribution in [3.63, 3.8) is 0 Å². The molecule has 1 amide bonds. The fourth-order valence-corrected chi connectivity index (χ4v) is 2.83. The van der Waals surface area contributed by atoms with Crippen LogP contribution in [0.15, 0.2) is 0 Å². The summed E-state index contributed by atoms with van der Waals surface area (Å²) in [7, 11) is -4.68. The predicted molar refractivity (Wildman–Crippen MR) is 55.4 cm³/mol. The van der Waals surface area contributed by atoms with E-state index in [1.165, 1.54) is 11.3 Å². The molecule has 1 aliphatic rings. The quantitative estimate of drug-likeness (QED) is 0.716. The normalized spacial score (nSPS) is 21.8. The van der Waals surface area contributed by atoms with Crippen molar-refractivity contribution < 1.29 is 17.1 Å². The van der Waals surface area contributed by atoms with Crippen LogP contribution in [0.2, 0.25) is 0 Å². The highest BCUT2D eigenvalue weighted by molar-refractivity contribution is 7.87. The molecule has 1 aliphatic heterocycles. The minimum Gasteiger partial charge on any atom is -0.285 e. The van der Waals surface area contributed by atoms with Crippen molar-refractivity contribution in [2.45, 2.75) is 18.6 Å². The van der Waals surface area contributed by atoms with Gasteiger partial charge in [0.15, 0.2) is 0 Å². The van der Waals surface area contributed by atoms with E-state index in [0.29, 0.717) is 10.1 Å². The zero-order valence-corrected chi connectivity index (χ0v) is 9.89. The van der Waals surface area contributed by atoms with E-state index >= 15 is 0 Å². The maximum absolute atomic E-state index is 12.7. The summed E-state index contributed by atoms with van der Waals surface area (Å²) >= 11 is 1.17. The van der Waals surface area contributed by atoms with Gasteiger partial charge in [-0.2, -0.15) is 8.42 Å². The number of aryl methyl sites for hydroxylation is 1. The van der Waals surface area contributed by atoms with Crippen LogP contribution in [0.3, 0.4) is 0 Å². The maximum Gasteiger partial charge on any atom is 0.307 e. The second-order valence-corrected chi connectivity index (χ2v) is 6.19. The van der Waals surface area contributed by atoms with E-state index in [4.69, 9.17) is 0 Å². The fourth-order valence-electron chi connectivity index (χ4n) is 1.44. The first-order chi connectivity index (χ1) is 7.38. The summed E-state index contributed by atoms with van der Waals surface area (Å²) in [4.78, 5) is 12.6. The summed E-state index contributed by atoms with van der Waals surface area (Å²) in [5.41, 5.74) is 0. The highest BCUT2D eigenvalue weighted by Crippen LogP contribution is 2.27. The van der Waals surface area contributed by atoms with Gasteiger partial charge in [-0.05, 0) is 6.92 Å². The lowest BCUT2D eigenvalue weighted by atomic mass is 10.4. The van der Waals surface area contributed by atoms with Crippen LogP contribution in [-0.2, 0) is 15.0 Å². The molecule has 0 N–H and O–H groups in total. The molecule has 2 rings (SSSR count). The Bertz CT molecular complexity index is 527. The van der Waals surface area contributed by atoms with Crippen molar-refractivity contribution >= 4 is 32.6 Å². The Balaban J connectivity index is 2.24. The highest BCUT2D eigenvalue weighted by atomic mass is 32.3. The molecule has 16 heavy (non-hydrogen) atoms. The molecule has 1 atom stereocenters. The predicted octanol–water partition coefficient (Wildman–Crippen LogP) is 0.251. The number of rotatable bonds is 2. The van der Waals surface area contributed by atoms with E-state index in [1.54, 1.807) is 6.92 Å². The lowest BCUT2D eigenvalue weighted by molar-refractivity contribution is -0.117. The molecule has 0 aromatic carbocycles. The summed E-state index contributed by atoms with van der Waals surface area (Å²) in [5.74, 6) is -0.442. The Morgan fingerprint density at radius 3 is 2.62 bits per heavy atom. The third-order valence-electron chi connectivity index (χ3n) is 2.23. The van der Waals surface area contributed by atoms with Crippen molar-refractivity contribution in [1.29, 1.82) is 0 Å². The summed E-state index contributed by atoms with van der Waals surface area (Å²) in [6.07, 6.45) is -0.336. The minimum absolute atomic E-state index is 0.188. The summed E-state index contributed by atoms with van der Waals surface area (Å²) in [6, 6.07) is 0. The number of nitrogens with zero attached hydrogens (tertiary/aromatic N) is 3. The number of carbonyl (C=O) groups is 1. The molecule has 0 saturated carbocycles. The van der Waals surface area contributed by atoms with E-state index in [9.17, 15) is 17.1 Å². The van der Waals surface area contributed by atoms with Gasteiger partial charge in [0, 0.05) is 13.0 Å². The standard InChI is InChI=1S/C7H8FN3O3S2/c1-4-9-10-7(15-4)11-3-5(2-6(11)12)16(8,13)14/h5H,2-3H2,1H3. The van der Waals surface area contributed by atoms with Gasteiger partial charge in [-0.3, -0.25) is 9.69 Å². The Labute approximate surface area is 95.3 Å². The maximum atomic E-state index is 12.7. The number of anilines is 1. The van der Waals surface area contributed by atoms with Gasteiger partial charge in [-0.15, -0.1) is 14.1 Å². The summed E-state index contributed by atoms with van der Waals surface area (Å²) in [5, 5.41) is 7.12. The van der Waals surface area contributed by atoms with Gasteiger partial charge in [-0.25, -0.2) is 0 Å². The largest absolute Gasteiger partial charge is 0.307 e. The van der Waals surface area contributed by atoms with Gasteiger partial charge in [0.05, 0.1) is 0 Å². The number of hydrogen-bond acceptors (Lipinski definition) is 6. The molecule has 6 nitrogen and oxygen atoms in total. The van der Waals surface area contributed by atoms with Gasteiger partial charge in [-0.1, -0.05) is 11.3 Å². The molecule has 9 heteroatoms. The van der Waals surface area contributed by atoms with Crippen molar-refractivity contribution in [3.8, 4) is 0 Å². The van der Waals surface area contributed by atoms with Crippen molar-refractivity contribution in [3.05, 3.63) is 5.01 Å². The van der Waals surface area contributed by atoms with Crippen LogP contribution in [0.25, 0.3) is 0 Å². The van der Waals surface area contributed by atoms with Crippen molar-refractivity contribution in [1.82, 2.24) is 10.2 Å². The fraction of sp³-hybridized carbons (Fsp3) is 0.571. The smallest absolute Gasteiger partial charge is 0.285 e. The average molecular weight is 265 g/mol. The summed E-state index contributed by atoms with van der Waals surface area (Å²) < 4.78 is 34.1. The van der Waals surface area contributed by atoms with Crippen LogP contribution in [-0.4, -0.2) is 36.3 Å². The van der Waals surface area contributed by atoms with E-state index < -0.39 is 21.4 Å². The number of carbonyl (C=O) groups excluding carboxylic acids is 1. The van der Waals surface area contributed by atoms with Crippen LogP contribution in [0.4, 0.5) is 9.02 Å². The molecule has 1 fully saturated rings. The van der Waals surface area contributed by atoms with Gasteiger partial charge < -0.3 is 0 Å². The van der Waals surface area contributed by atoms with Crippen LogP contribution < -0.4 is 4.90 Å². The molecule has 1 aromatic rings. The first-order valence-electron chi connectivity index (χ1n) is 4.42. The van der Waals surface area contributed by atoms with E-state index in [1.807, 2.05) is 0 Å². The first-order valence-corrected chi connectivity index (χ1v) is 6.68. The Kier molecular flexibility index (Phi) is 2.66. The molecule has 0 bridgehead atoms. The Hall–Kier alpha value is -1.09. The lowest BCUT2D eigenvalue weighted by Crippen LogP contribution is -2.26. The van der Waals surface area contributed by atoms with Crippen LogP contribution in [0, 0.1) is 6.92 Å². The monoisotopic (exact) mass is 265 g/mol. The molecule has 88 valence electrons. The van der Waals surface area contributed by atoms with Gasteiger partial charge in [0.1, 0.15) is 10.3 Å². The molecule has 2 heterocycles. The summed E-state index contributed by atoms with van der Waals surface area (Å²) in [6.45, 7) is 1.53. The average Bonchev–Trinajstić information content (AvgIpc) is 2.70. The topological polar surface area (TPSA) is 80.2 Å². The van der Waals surface area contributed by atoms with Crippen LogP contribution >= 0.6 is 11.3 Å². The SMILES string of the molecule is Cc1nnc(N2CC(S(=O)(=O)F)CC2=O)s1. The Morgan fingerprint density at radius 1 is 1.50 bits per heavy atom. The van der Waals surface area contributed by atoms with E-state index in [2.05, 4.69) is 10.2 Å². The van der Waals surface area contributed by atoms with E-state index in [-0.39, 0.29) is 13.0 Å². The molecular formula is C7H8FN3O3S2. The second kappa shape index (κ2) is 3.74. The number of halogens is 1. The highest BCUT2D eigenvalue weighted by Gasteiger charge is 2.40. The number of aromatic nitrogens is 2. The third kappa shape index (κ3) is 2.05. The van der Waals surface area contributed by atoms with Gasteiger partial charge in [0.25, 0.3) is 0 Å². The van der Waals surface area contributed by atoms with Gasteiger partial charge >= 0.3 is 10.2 Å². The van der Waals surface area contributed by atoms with Crippen molar-refractivity contribution in [2.24, 2.45) is 0 Å². The number of hydrogen-bond donors (Lipinski definition) is 0. The third-order valence-corrected chi connectivity index (χ3v) is 4.21. The molecule has 0 radical (unpaired) electrons. The van der Waals surface area contributed by atoms with E-state index in [0.717, 1.165) is 4.90 Å². The zero-order valence-electron chi connectivity index (χ0n) is 8.25. The van der Waals surface area contributed by atoms with Crippen LogP contribution in [0.1, 0.15) is 11.4 Å².